The molecule has 1 aliphatic rings. The third-order valence-electron chi connectivity index (χ3n) is 6.87. The molecule has 2 nitrogen and oxygen atoms in total. The van der Waals surface area contributed by atoms with E-state index in [2.05, 4.69) is 101 Å². The summed E-state index contributed by atoms with van der Waals surface area (Å²) in [6.45, 7) is 0. The van der Waals surface area contributed by atoms with Gasteiger partial charge in [0, 0.05) is 52.2 Å². The summed E-state index contributed by atoms with van der Waals surface area (Å²) in [6.07, 6.45) is 7.70. The first-order valence-electron chi connectivity index (χ1n) is 11.3. The molecule has 6 aromatic rings. The van der Waals surface area contributed by atoms with Gasteiger partial charge in [0.15, 0.2) is 0 Å². The first-order chi connectivity index (χ1) is 16.8. The van der Waals surface area contributed by atoms with Crippen LogP contribution in [0, 0.1) is 0 Å². The van der Waals surface area contributed by atoms with E-state index in [-0.39, 0.29) is 0 Å². The minimum absolute atomic E-state index is 1.12. The van der Waals surface area contributed by atoms with Crippen LogP contribution in [0.5, 0.6) is 0 Å². The molecule has 4 aromatic carbocycles. The van der Waals surface area contributed by atoms with Gasteiger partial charge in [0.1, 0.15) is 0 Å². The molecule has 4 heteroatoms. The summed E-state index contributed by atoms with van der Waals surface area (Å²) >= 11 is 6.80. The zero-order valence-corrected chi connectivity index (χ0v) is 19.9. The maximum absolute atomic E-state index is 6.80. The summed E-state index contributed by atoms with van der Waals surface area (Å²) in [5.74, 6) is 0. The predicted octanol–water partition coefficient (Wildman–Crippen LogP) is 6.19. The number of benzene rings is 4. The van der Waals surface area contributed by atoms with Crippen LogP contribution >= 0.6 is 6.04 Å². The zero-order valence-electron chi connectivity index (χ0n) is 18.2. The molecule has 2 aromatic heterocycles. The maximum Gasteiger partial charge on any atom is 0.0391 e. The summed E-state index contributed by atoms with van der Waals surface area (Å²) in [6, 6.07) is 30.1. The third kappa shape index (κ3) is 2.60. The molecule has 0 radical (unpaired) electrons. The summed E-state index contributed by atoms with van der Waals surface area (Å²) in [4.78, 5) is 8.94. The van der Waals surface area contributed by atoms with E-state index >= 15 is 0 Å². The fourth-order valence-electron chi connectivity index (χ4n) is 5.45. The normalized spacial score (nSPS) is 13.6. The highest BCUT2D eigenvalue weighted by atomic mass is 32.4. The minimum atomic E-state index is -2.33. The number of hydrogen-bond acceptors (Lipinski definition) is 3. The Morgan fingerprint density at radius 2 is 0.971 bits per heavy atom. The summed E-state index contributed by atoms with van der Waals surface area (Å²) < 4.78 is 0. The van der Waals surface area contributed by atoms with Crippen LogP contribution in [0.2, 0.25) is 0 Å². The van der Waals surface area contributed by atoms with Gasteiger partial charge in [-0.3, -0.25) is 9.97 Å². The third-order valence-corrected chi connectivity index (χ3v) is 11.8. The van der Waals surface area contributed by atoms with Crippen molar-refractivity contribution in [2.75, 3.05) is 0 Å². The molecule has 7 rings (SSSR count). The van der Waals surface area contributed by atoms with Crippen LogP contribution in [0.4, 0.5) is 0 Å². The topological polar surface area (TPSA) is 25.8 Å². The van der Waals surface area contributed by atoms with E-state index in [0.717, 1.165) is 10.8 Å². The van der Waals surface area contributed by atoms with Gasteiger partial charge in [-0.15, -0.1) is 0 Å². The molecule has 0 atom stereocenters. The lowest BCUT2D eigenvalue weighted by Gasteiger charge is -2.26. The molecule has 0 fully saturated rings. The average Bonchev–Trinajstić information content (AvgIpc) is 3.02. The monoisotopic (exact) mass is 470 g/mol. The quantitative estimate of drug-likeness (QED) is 0.211. The van der Waals surface area contributed by atoms with Crippen molar-refractivity contribution >= 4 is 55.3 Å². The Bertz CT molecular complexity index is 1680. The fraction of sp³-hybridized carbons (Fsp3) is 0. The fourth-order valence-corrected chi connectivity index (χ4v) is 9.82. The second-order valence-electron chi connectivity index (χ2n) is 8.57. The van der Waals surface area contributed by atoms with E-state index in [1.807, 2.05) is 24.8 Å². The molecule has 3 heterocycles. The Labute approximate surface area is 203 Å². The van der Waals surface area contributed by atoms with Crippen LogP contribution < -0.4 is 15.9 Å². The number of fused-ring (bicyclic) bond motifs is 10. The van der Waals surface area contributed by atoms with Crippen molar-refractivity contribution in [1.82, 2.24) is 9.97 Å². The van der Waals surface area contributed by atoms with E-state index in [1.165, 1.54) is 48.9 Å². The number of rotatable bonds is 1. The largest absolute Gasteiger partial charge is 0.264 e. The Balaban J connectivity index is 1.80. The zero-order chi connectivity index (χ0) is 22.7. The van der Waals surface area contributed by atoms with Crippen molar-refractivity contribution in [3.63, 3.8) is 0 Å². The lowest BCUT2D eigenvalue weighted by atomic mass is 9.86. The molecular formula is C30H19N2PS. The first kappa shape index (κ1) is 19.8. The van der Waals surface area contributed by atoms with E-state index in [9.17, 15) is 0 Å². The van der Waals surface area contributed by atoms with Gasteiger partial charge in [-0.2, -0.15) is 0 Å². The van der Waals surface area contributed by atoms with Gasteiger partial charge in [-0.25, -0.2) is 0 Å². The molecule has 0 saturated heterocycles. The molecular weight excluding hydrogens is 451 g/mol. The average molecular weight is 471 g/mol. The minimum Gasteiger partial charge on any atom is -0.264 e. The van der Waals surface area contributed by atoms with E-state index in [0.29, 0.717) is 0 Å². The van der Waals surface area contributed by atoms with Gasteiger partial charge in [0.25, 0.3) is 0 Å². The van der Waals surface area contributed by atoms with Gasteiger partial charge in [-0.1, -0.05) is 90.7 Å². The van der Waals surface area contributed by atoms with Gasteiger partial charge >= 0.3 is 0 Å². The van der Waals surface area contributed by atoms with E-state index in [4.69, 9.17) is 11.8 Å². The Morgan fingerprint density at radius 1 is 0.500 bits per heavy atom. The van der Waals surface area contributed by atoms with E-state index in [1.54, 1.807) is 0 Å². The number of nitrogens with zero attached hydrogens (tertiary/aromatic N) is 2. The first-order valence-corrected chi connectivity index (χ1v) is 14.1. The Morgan fingerprint density at radius 3 is 1.50 bits per heavy atom. The predicted molar refractivity (Wildman–Crippen MR) is 148 cm³/mol. The molecule has 34 heavy (non-hydrogen) atoms. The number of pyridine rings is 2. The highest BCUT2D eigenvalue weighted by molar-refractivity contribution is 8.25. The molecule has 0 unspecified atom stereocenters. The van der Waals surface area contributed by atoms with Crippen LogP contribution in [0.1, 0.15) is 0 Å². The van der Waals surface area contributed by atoms with Gasteiger partial charge in [-0.05, 0) is 50.5 Å². The van der Waals surface area contributed by atoms with Crippen molar-refractivity contribution in [2.45, 2.75) is 0 Å². The molecule has 0 amide bonds. The molecule has 0 bridgehead atoms. The van der Waals surface area contributed by atoms with Crippen molar-refractivity contribution < 1.29 is 0 Å². The second kappa shape index (κ2) is 7.43. The SMILES string of the molecule is S=P1(c2ccccc2)c2ccccc2-c2c(c3ccncc3c3cnccc23)-c2ccccc21. The lowest BCUT2D eigenvalue weighted by molar-refractivity contribution is 1.35. The molecule has 0 N–H and O–H groups in total. The molecule has 0 spiro atoms. The van der Waals surface area contributed by atoms with Crippen LogP contribution in [-0.4, -0.2) is 9.97 Å². The number of hydrogen-bond donors (Lipinski definition) is 0. The summed E-state index contributed by atoms with van der Waals surface area (Å²) in [7, 11) is 0. The molecule has 0 saturated carbocycles. The summed E-state index contributed by atoms with van der Waals surface area (Å²) in [5.41, 5.74) is 4.91. The van der Waals surface area contributed by atoms with Gasteiger partial charge in [0.2, 0.25) is 0 Å². The van der Waals surface area contributed by atoms with Crippen LogP contribution in [-0.2, 0) is 11.8 Å². The van der Waals surface area contributed by atoms with Gasteiger partial charge < -0.3 is 0 Å². The van der Waals surface area contributed by atoms with Crippen LogP contribution in [0.3, 0.4) is 0 Å². The second-order valence-corrected chi connectivity index (χ2v) is 12.9. The van der Waals surface area contributed by atoms with Crippen LogP contribution in [0.25, 0.3) is 43.8 Å². The van der Waals surface area contributed by atoms with Crippen molar-refractivity contribution in [2.24, 2.45) is 0 Å². The molecule has 1 aliphatic heterocycles. The van der Waals surface area contributed by atoms with Crippen molar-refractivity contribution in [3.8, 4) is 22.3 Å². The lowest BCUT2D eigenvalue weighted by Crippen LogP contribution is -2.25. The van der Waals surface area contributed by atoms with Crippen LogP contribution in [0.15, 0.2) is 116 Å². The number of aromatic nitrogens is 2. The molecule has 0 aliphatic carbocycles. The Kier molecular flexibility index (Phi) is 4.32. The molecule has 160 valence electrons. The van der Waals surface area contributed by atoms with Crippen molar-refractivity contribution in [1.29, 1.82) is 0 Å². The Hall–Kier alpha value is -3.65. The summed E-state index contributed by atoms with van der Waals surface area (Å²) in [5, 5.41) is 8.31. The van der Waals surface area contributed by atoms with E-state index < -0.39 is 6.04 Å². The highest BCUT2D eigenvalue weighted by Gasteiger charge is 2.35. The highest BCUT2D eigenvalue weighted by Crippen LogP contribution is 2.54. The maximum atomic E-state index is 6.80. The standard InChI is InChI=1S/C30H19N2PS/c34-33(20-8-2-1-3-9-20)27-12-6-4-10-23(27)29-21-14-16-31-18-25(21)26-19-32-17-15-22(26)30(29)24-11-5-7-13-28(24)33/h1-19H. The van der Waals surface area contributed by atoms with Gasteiger partial charge in [0.05, 0.1) is 0 Å². The van der Waals surface area contributed by atoms with Crippen molar-refractivity contribution in [3.05, 3.63) is 116 Å². The smallest absolute Gasteiger partial charge is 0.0391 e.